The minimum Gasteiger partial charge on any atom is -0.242 e. The van der Waals surface area contributed by atoms with Crippen LogP contribution >= 0.6 is 0 Å². The quantitative estimate of drug-likeness (QED) is 0.759. The van der Waals surface area contributed by atoms with Gasteiger partial charge in [0, 0.05) is 6.04 Å². The van der Waals surface area contributed by atoms with Gasteiger partial charge in [-0.3, -0.25) is 0 Å². The molecule has 0 aromatic heterocycles. The fraction of sp³-hybridized carbons (Fsp3) is 0.500. The van der Waals surface area contributed by atoms with E-state index < -0.39 is 11.0 Å². The highest BCUT2D eigenvalue weighted by Crippen LogP contribution is 2.13. The summed E-state index contributed by atoms with van der Waals surface area (Å²) in [6.07, 6.45) is 4.70. The minimum absolute atomic E-state index is 0.220. The molecule has 0 saturated carbocycles. The third-order valence-corrected chi connectivity index (χ3v) is 4.57. The molecule has 1 aromatic rings. The first-order valence-electron chi connectivity index (χ1n) is 6.76. The summed E-state index contributed by atoms with van der Waals surface area (Å²) in [5.74, 6) is 0. The predicted octanol–water partition coefficient (Wildman–Crippen LogP) is 3.62. The van der Waals surface area contributed by atoms with Gasteiger partial charge in [0.15, 0.2) is 0 Å². The normalized spacial score (nSPS) is 14.9. The van der Waals surface area contributed by atoms with Crippen molar-refractivity contribution in [2.45, 2.75) is 50.8 Å². The summed E-state index contributed by atoms with van der Waals surface area (Å²) in [5.41, 5.74) is 1.32. The Labute approximate surface area is 119 Å². The zero-order chi connectivity index (χ0) is 14.3. The zero-order valence-corrected chi connectivity index (χ0v) is 13.0. The van der Waals surface area contributed by atoms with Crippen molar-refractivity contribution in [2.24, 2.45) is 0 Å². The van der Waals surface area contributed by atoms with Gasteiger partial charge in [-0.25, -0.2) is 8.93 Å². The van der Waals surface area contributed by atoms with Gasteiger partial charge in [-0.1, -0.05) is 36.4 Å². The Morgan fingerprint density at radius 2 is 1.95 bits per heavy atom. The zero-order valence-electron chi connectivity index (χ0n) is 12.2. The third-order valence-electron chi connectivity index (χ3n) is 2.91. The smallest absolute Gasteiger partial charge is 0.0972 e. The molecule has 19 heavy (non-hydrogen) atoms. The molecule has 2 nitrogen and oxygen atoms in total. The molecule has 1 N–H and O–H groups in total. The van der Waals surface area contributed by atoms with Crippen LogP contribution in [0.2, 0.25) is 0 Å². The molecule has 0 radical (unpaired) electrons. The summed E-state index contributed by atoms with van der Waals surface area (Å²) in [5, 5.41) is 0. The molecule has 0 saturated heterocycles. The lowest BCUT2D eigenvalue weighted by Gasteiger charge is -2.23. The van der Waals surface area contributed by atoms with E-state index in [9.17, 15) is 4.21 Å². The largest absolute Gasteiger partial charge is 0.242 e. The molecule has 0 spiro atoms. The van der Waals surface area contributed by atoms with Gasteiger partial charge in [0.2, 0.25) is 0 Å². The summed E-state index contributed by atoms with van der Waals surface area (Å²) >= 11 is 0. The van der Waals surface area contributed by atoms with Gasteiger partial charge in [-0.2, -0.15) is 0 Å². The van der Waals surface area contributed by atoms with Crippen LogP contribution in [0.25, 0.3) is 0 Å². The molecular weight excluding hydrogens is 254 g/mol. The van der Waals surface area contributed by atoms with Crippen LogP contribution in [0.5, 0.6) is 0 Å². The molecular formula is C16H25NOS. The molecule has 0 aliphatic carbocycles. The van der Waals surface area contributed by atoms with E-state index in [0.29, 0.717) is 0 Å². The number of aryl methyl sites for hydroxylation is 1. The number of nitrogens with one attached hydrogen (secondary N) is 1. The van der Waals surface area contributed by atoms with Gasteiger partial charge in [0.25, 0.3) is 0 Å². The number of benzene rings is 1. The summed E-state index contributed by atoms with van der Waals surface area (Å²) in [6, 6.07) is 10.6. The van der Waals surface area contributed by atoms with Crippen molar-refractivity contribution in [2.75, 3.05) is 0 Å². The lowest BCUT2D eigenvalue weighted by molar-refractivity contribution is 0.554. The summed E-state index contributed by atoms with van der Waals surface area (Å²) in [4.78, 5) is 0. The molecule has 3 heteroatoms. The Balaban J connectivity index is 2.53. The molecule has 0 aliphatic heterocycles. The van der Waals surface area contributed by atoms with Crippen molar-refractivity contribution < 1.29 is 4.21 Å². The number of rotatable bonds is 7. The number of hydrogen-bond acceptors (Lipinski definition) is 1. The maximum Gasteiger partial charge on any atom is 0.0972 e. The minimum atomic E-state index is -1.02. The van der Waals surface area contributed by atoms with Crippen molar-refractivity contribution in [1.82, 2.24) is 4.72 Å². The first kappa shape index (κ1) is 16.1. The second-order valence-electron chi connectivity index (χ2n) is 5.74. The fourth-order valence-corrected chi connectivity index (χ4v) is 2.61. The second-order valence-corrected chi connectivity index (χ2v) is 7.74. The summed E-state index contributed by atoms with van der Waals surface area (Å²) in [6.45, 7) is 9.74. The van der Waals surface area contributed by atoms with E-state index in [1.54, 1.807) is 0 Å². The molecule has 1 aromatic carbocycles. The maximum atomic E-state index is 12.1. The van der Waals surface area contributed by atoms with Crippen molar-refractivity contribution in [1.29, 1.82) is 0 Å². The van der Waals surface area contributed by atoms with E-state index in [2.05, 4.69) is 35.6 Å². The highest BCUT2D eigenvalue weighted by molar-refractivity contribution is 7.84. The molecule has 0 fully saturated rings. The Hall–Kier alpha value is -0.930. The maximum absolute atomic E-state index is 12.1. The predicted molar refractivity (Wildman–Crippen MR) is 84.4 cm³/mol. The lowest BCUT2D eigenvalue weighted by Crippen LogP contribution is -2.39. The van der Waals surface area contributed by atoms with Gasteiger partial charge in [0.1, 0.15) is 0 Å². The fourth-order valence-electron chi connectivity index (χ4n) is 1.74. The topological polar surface area (TPSA) is 29.1 Å². The van der Waals surface area contributed by atoms with Crippen LogP contribution in [0.4, 0.5) is 0 Å². The molecule has 0 amide bonds. The van der Waals surface area contributed by atoms with Crippen LogP contribution in [0, 0.1) is 0 Å². The third kappa shape index (κ3) is 6.17. The SMILES string of the molecule is C=CC[C@@H](CCc1ccccc1)N[S@](=O)C(C)(C)C. The highest BCUT2D eigenvalue weighted by Gasteiger charge is 2.22. The first-order chi connectivity index (χ1) is 8.93. The van der Waals surface area contributed by atoms with E-state index in [4.69, 9.17) is 0 Å². The van der Waals surface area contributed by atoms with E-state index in [1.807, 2.05) is 32.9 Å². The molecule has 0 heterocycles. The molecule has 2 atom stereocenters. The van der Waals surface area contributed by atoms with Gasteiger partial charge in [-0.05, 0) is 45.6 Å². The Morgan fingerprint density at radius 3 is 2.47 bits per heavy atom. The van der Waals surface area contributed by atoms with Gasteiger partial charge in [-0.15, -0.1) is 6.58 Å². The van der Waals surface area contributed by atoms with E-state index in [1.165, 1.54) is 5.56 Å². The Kier molecular flexibility index (Phi) is 6.46. The van der Waals surface area contributed by atoms with Crippen LogP contribution in [0.3, 0.4) is 0 Å². The van der Waals surface area contributed by atoms with Gasteiger partial charge in [0.05, 0.1) is 15.7 Å². The second kappa shape index (κ2) is 7.61. The van der Waals surface area contributed by atoms with E-state index in [-0.39, 0.29) is 10.8 Å². The highest BCUT2D eigenvalue weighted by atomic mass is 32.2. The molecule has 1 rings (SSSR count). The van der Waals surface area contributed by atoms with Crippen LogP contribution in [-0.4, -0.2) is 15.0 Å². The average Bonchev–Trinajstić information content (AvgIpc) is 2.36. The van der Waals surface area contributed by atoms with Crippen molar-refractivity contribution in [3.8, 4) is 0 Å². The van der Waals surface area contributed by atoms with Crippen molar-refractivity contribution >= 4 is 11.0 Å². The van der Waals surface area contributed by atoms with E-state index in [0.717, 1.165) is 19.3 Å². The Bertz CT molecular complexity index is 409. The summed E-state index contributed by atoms with van der Waals surface area (Å²) in [7, 11) is -1.02. The first-order valence-corrected chi connectivity index (χ1v) is 7.91. The summed E-state index contributed by atoms with van der Waals surface area (Å²) < 4.78 is 15.1. The van der Waals surface area contributed by atoms with Crippen LogP contribution < -0.4 is 4.72 Å². The van der Waals surface area contributed by atoms with Crippen LogP contribution in [-0.2, 0) is 17.4 Å². The standard InChI is InChI=1S/C16H25NOS/c1-5-9-15(17-19(18)16(2,3)4)13-12-14-10-7-6-8-11-14/h5-8,10-11,15,17H,1,9,12-13H2,2-4H3/t15-,19+/m0/s1. The van der Waals surface area contributed by atoms with Gasteiger partial charge < -0.3 is 0 Å². The van der Waals surface area contributed by atoms with Gasteiger partial charge >= 0.3 is 0 Å². The van der Waals surface area contributed by atoms with Crippen molar-refractivity contribution in [3.63, 3.8) is 0 Å². The molecule has 106 valence electrons. The van der Waals surface area contributed by atoms with Crippen LogP contribution in [0.1, 0.15) is 39.2 Å². The van der Waals surface area contributed by atoms with Crippen LogP contribution in [0.15, 0.2) is 43.0 Å². The van der Waals surface area contributed by atoms with Crippen molar-refractivity contribution in [3.05, 3.63) is 48.6 Å². The monoisotopic (exact) mass is 279 g/mol. The Morgan fingerprint density at radius 1 is 1.32 bits per heavy atom. The molecule has 0 bridgehead atoms. The van der Waals surface area contributed by atoms with E-state index >= 15 is 0 Å². The molecule has 0 unspecified atom stereocenters. The lowest BCUT2D eigenvalue weighted by atomic mass is 10.0. The number of hydrogen-bond donors (Lipinski definition) is 1. The average molecular weight is 279 g/mol. The molecule has 0 aliphatic rings.